The first-order valence-electron chi connectivity index (χ1n) is 7.75. The summed E-state index contributed by atoms with van der Waals surface area (Å²) in [6.45, 7) is 0. The summed E-state index contributed by atoms with van der Waals surface area (Å²) >= 11 is 1.67. The molecule has 0 fully saturated rings. The summed E-state index contributed by atoms with van der Waals surface area (Å²) in [7, 11) is 4.25. The van der Waals surface area contributed by atoms with Crippen molar-refractivity contribution in [1.82, 2.24) is 0 Å². The second kappa shape index (κ2) is 9.08. The van der Waals surface area contributed by atoms with Crippen molar-refractivity contribution in [2.24, 2.45) is 0 Å². The molecule has 134 valence electrons. The Morgan fingerprint density at radius 1 is 1.12 bits per heavy atom. The molecule has 1 aromatic heterocycles. The average Bonchev–Trinajstić information content (AvgIpc) is 3.14. The number of amides is 1. The Balaban J connectivity index is 2.10. The van der Waals surface area contributed by atoms with Gasteiger partial charge in [-0.15, -0.1) is 11.3 Å². The molecule has 0 aliphatic carbocycles. The van der Waals surface area contributed by atoms with E-state index in [9.17, 15) is 9.59 Å². The van der Waals surface area contributed by atoms with Crippen molar-refractivity contribution in [1.29, 1.82) is 0 Å². The minimum absolute atomic E-state index is 0.172. The fourth-order valence-corrected chi connectivity index (χ4v) is 3.10. The van der Waals surface area contributed by atoms with Crippen molar-refractivity contribution in [3.05, 3.63) is 40.1 Å². The molecule has 0 aliphatic rings. The van der Waals surface area contributed by atoms with Crippen molar-refractivity contribution in [3.8, 4) is 11.5 Å². The van der Waals surface area contributed by atoms with E-state index >= 15 is 0 Å². The van der Waals surface area contributed by atoms with Crippen LogP contribution in [0.1, 0.15) is 28.1 Å². The van der Waals surface area contributed by atoms with Gasteiger partial charge < -0.3 is 19.5 Å². The van der Waals surface area contributed by atoms with Crippen LogP contribution in [0.5, 0.6) is 11.5 Å². The monoisotopic (exact) mass is 363 g/mol. The first kappa shape index (κ1) is 18.8. The summed E-state index contributed by atoms with van der Waals surface area (Å²) in [6.07, 6.45) is 1.93. The van der Waals surface area contributed by atoms with Gasteiger partial charge in [-0.3, -0.25) is 4.79 Å². The third kappa shape index (κ3) is 4.96. The average molecular weight is 363 g/mol. The van der Waals surface area contributed by atoms with Crippen molar-refractivity contribution >= 4 is 28.9 Å². The largest absolute Gasteiger partial charge is 0.493 e. The number of aryl methyl sites for hydroxylation is 1. The van der Waals surface area contributed by atoms with E-state index in [1.54, 1.807) is 17.4 Å². The fourth-order valence-electron chi connectivity index (χ4n) is 2.35. The van der Waals surface area contributed by atoms with Crippen LogP contribution in [-0.2, 0) is 16.0 Å². The van der Waals surface area contributed by atoms with Gasteiger partial charge in [0.25, 0.3) is 0 Å². The number of rotatable bonds is 8. The second-order valence-corrected chi connectivity index (χ2v) is 6.26. The molecule has 0 unspecified atom stereocenters. The van der Waals surface area contributed by atoms with Crippen LogP contribution in [-0.4, -0.2) is 33.2 Å². The van der Waals surface area contributed by atoms with E-state index in [2.05, 4.69) is 5.32 Å². The maximum absolute atomic E-state index is 12.2. The smallest absolute Gasteiger partial charge is 0.340 e. The van der Waals surface area contributed by atoms with E-state index in [1.165, 1.54) is 32.3 Å². The standard InChI is InChI=1S/C18H21NO5S/c1-22-15-10-13(18(21)24-3)14(11-16(15)23-2)19-17(20)8-4-6-12-7-5-9-25-12/h5,7,9-11H,4,6,8H2,1-3H3,(H,19,20). The van der Waals surface area contributed by atoms with Gasteiger partial charge in [0.15, 0.2) is 11.5 Å². The Morgan fingerprint density at radius 2 is 1.84 bits per heavy atom. The quantitative estimate of drug-likeness (QED) is 0.727. The zero-order valence-electron chi connectivity index (χ0n) is 14.5. The number of thiophene rings is 1. The summed E-state index contributed by atoms with van der Waals surface area (Å²) in [5.41, 5.74) is 0.553. The van der Waals surface area contributed by atoms with Crippen molar-refractivity contribution in [3.63, 3.8) is 0 Å². The van der Waals surface area contributed by atoms with Crippen LogP contribution in [0.15, 0.2) is 29.6 Å². The molecular weight excluding hydrogens is 342 g/mol. The third-order valence-corrected chi connectivity index (χ3v) is 4.55. The highest BCUT2D eigenvalue weighted by molar-refractivity contribution is 7.09. The molecule has 2 aromatic rings. The Labute approximate surface area is 150 Å². The third-order valence-electron chi connectivity index (χ3n) is 3.61. The molecule has 7 heteroatoms. The lowest BCUT2D eigenvalue weighted by molar-refractivity contribution is -0.116. The zero-order valence-corrected chi connectivity index (χ0v) is 15.3. The van der Waals surface area contributed by atoms with Gasteiger partial charge in [0.2, 0.25) is 5.91 Å². The summed E-state index contributed by atoms with van der Waals surface area (Å²) in [6, 6.07) is 7.09. The molecular formula is C18H21NO5S. The molecule has 0 saturated carbocycles. The molecule has 2 rings (SSSR count). The molecule has 25 heavy (non-hydrogen) atoms. The number of anilines is 1. The molecule has 6 nitrogen and oxygen atoms in total. The van der Waals surface area contributed by atoms with E-state index < -0.39 is 5.97 Å². The molecule has 1 amide bonds. The van der Waals surface area contributed by atoms with Crippen molar-refractivity contribution in [2.75, 3.05) is 26.6 Å². The lowest BCUT2D eigenvalue weighted by Crippen LogP contribution is -2.15. The van der Waals surface area contributed by atoms with Crippen molar-refractivity contribution in [2.45, 2.75) is 19.3 Å². The highest BCUT2D eigenvalue weighted by atomic mass is 32.1. The predicted molar refractivity (Wildman–Crippen MR) is 96.8 cm³/mol. The van der Waals surface area contributed by atoms with Crippen LogP contribution >= 0.6 is 11.3 Å². The molecule has 0 spiro atoms. The highest BCUT2D eigenvalue weighted by Crippen LogP contribution is 2.33. The second-order valence-electron chi connectivity index (χ2n) is 5.23. The predicted octanol–water partition coefficient (Wildman–Crippen LogP) is 3.51. The Morgan fingerprint density at radius 3 is 2.44 bits per heavy atom. The summed E-state index contributed by atoms with van der Waals surface area (Å²) < 4.78 is 15.2. The Hall–Kier alpha value is -2.54. The summed E-state index contributed by atoms with van der Waals surface area (Å²) in [5, 5.41) is 4.78. The normalized spacial score (nSPS) is 10.2. The van der Waals surface area contributed by atoms with E-state index in [0.717, 1.165) is 12.8 Å². The molecule has 0 saturated heterocycles. The number of benzene rings is 1. The van der Waals surface area contributed by atoms with Crippen LogP contribution in [0.3, 0.4) is 0 Å². The Bertz CT molecular complexity index is 727. The molecule has 1 heterocycles. The van der Waals surface area contributed by atoms with E-state index in [-0.39, 0.29) is 11.5 Å². The number of carbonyl (C=O) groups is 2. The molecule has 0 bridgehead atoms. The lowest BCUT2D eigenvalue weighted by Gasteiger charge is -2.14. The van der Waals surface area contributed by atoms with Gasteiger partial charge in [-0.25, -0.2) is 4.79 Å². The number of methoxy groups -OCH3 is 3. The van der Waals surface area contributed by atoms with Gasteiger partial charge in [-0.1, -0.05) is 6.07 Å². The van der Waals surface area contributed by atoms with Gasteiger partial charge in [0.1, 0.15) is 0 Å². The molecule has 0 atom stereocenters. The maximum atomic E-state index is 12.2. The zero-order chi connectivity index (χ0) is 18.2. The fraction of sp³-hybridized carbons (Fsp3) is 0.333. The van der Waals surface area contributed by atoms with E-state index in [4.69, 9.17) is 14.2 Å². The van der Waals surface area contributed by atoms with Crippen molar-refractivity contribution < 1.29 is 23.8 Å². The van der Waals surface area contributed by atoms with Gasteiger partial charge >= 0.3 is 5.97 Å². The minimum Gasteiger partial charge on any atom is -0.493 e. The van der Waals surface area contributed by atoms with E-state index in [1.807, 2.05) is 17.5 Å². The maximum Gasteiger partial charge on any atom is 0.340 e. The van der Waals surface area contributed by atoms with Crippen LogP contribution in [0.25, 0.3) is 0 Å². The van der Waals surface area contributed by atoms with Crippen LogP contribution in [0, 0.1) is 0 Å². The Kier molecular flexibility index (Phi) is 6.82. The molecule has 0 aliphatic heterocycles. The molecule has 1 N–H and O–H groups in total. The number of hydrogen-bond acceptors (Lipinski definition) is 6. The SMILES string of the molecule is COC(=O)c1cc(OC)c(OC)cc1NC(=O)CCCc1cccs1. The molecule has 0 radical (unpaired) electrons. The summed E-state index contributed by atoms with van der Waals surface area (Å²) in [4.78, 5) is 25.5. The molecule has 1 aromatic carbocycles. The van der Waals surface area contributed by atoms with Crippen LogP contribution in [0.4, 0.5) is 5.69 Å². The summed E-state index contributed by atoms with van der Waals surface area (Å²) in [5.74, 6) is 0.0754. The number of hydrogen-bond donors (Lipinski definition) is 1. The number of nitrogens with one attached hydrogen (secondary N) is 1. The van der Waals surface area contributed by atoms with Gasteiger partial charge in [0, 0.05) is 23.4 Å². The topological polar surface area (TPSA) is 73.9 Å². The minimum atomic E-state index is -0.560. The highest BCUT2D eigenvalue weighted by Gasteiger charge is 2.19. The van der Waals surface area contributed by atoms with E-state index in [0.29, 0.717) is 23.6 Å². The number of carbonyl (C=O) groups excluding carboxylic acids is 2. The first-order chi connectivity index (χ1) is 12.1. The van der Waals surface area contributed by atoms with Crippen LogP contribution in [0.2, 0.25) is 0 Å². The lowest BCUT2D eigenvalue weighted by atomic mass is 10.1. The van der Waals surface area contributed by atoms with Gasteiger partial charge in [-0.2, -0.15) is 0 Å². The van der Waals surface area contributed by atoms with Gasteiger partial charge in [0.05, 0.1) is 32.6 Å². The number of esters is 1. The number of ether oxygens (including phenoxy) is 3. The van der Waals surface area contributed by atoms with Crippen LogP contribution < -0.4 is 14.8 Å². The van der Waals surface area contributed by atoms with Gasteiger partial charge in [-0.05, 0) is 24.3 Å². The first-order valence-corrected chi connectivity index (χ1v) is 8.63.